The van der Waals surface area contributed by atoms with Crippen molar-refractivity contribution >= 4 is 21.9 Å². The fourth-order valence-corrected chi connectivity index (χ4v) is 3.44. The van der Waals surface area contributed by atoms with Crippen LogP contribution in [-0.2, 0) is 10.1 Å². The molecule has 7 heteroatoms. The van der Waals surface area contributed by atoms with Crippen molar-refractivity contribution in [2.45, 2.75) is 37.5 Å². The Morgan fingerprint density at radius 2 is 1.80 bits per heavy atom. The van der Waals surface area contributed by atoms with E-state index in [1.807, 2.05) is 18.7 Å². The van der Waals surface area contributed by atoms with E-state index in [0.717, 1.165) is 12.2 Å². The highest BCUT2D eigenvalue weighted by molar-refractivity contribution is 7.98. The number of nitrogens with zero attached hydrogens (tertiary/aromatic N) is 1. The Morgan fingerprint density at radius 3 is 2.32 bits per heavy atom. The van der Waals surface area contributed by atoms with Crippen LogP contribution in [0, 0.1) is 6.92 Å². The Bertz CT molecular complexity index is 616. The molecule has 1 N–H and O–H groups in total. The Kier molecular flexibility index (Phi) is 10.2. The van der Waals surface area contributed by atoms with Crippen LogP contribution in [0.15, 0.2) is 41.6 Å². The average molecular weight is 387 g/mol. The molecule has 0 saturated carbocycles. The highest BCUT2D eigenvalue weighted by Gasteiger charge is 2.12. The van der Waals surface area contributed by atoms with E-state index in [-0.39, 0.29) is 4.90 Å². The molecule has 1 atom stereocenters. The van der Waals surface area contributed by atoms with Crippen molar-refractivity contribution in [2.24, 2.45) is 0 Å². The van der Waals surface area contributed by atoms with Gasteiger partial charge >= 0.3 is 0 Å². The lowest BCUT2D eigenvalue weighted by atomic mass is 10.2. The summed E-state index contributed by atoms with van der Waals surface area (Å²) < 4.78 is 31.2. The molecule has 0 saturated heterocycles. The van der Waals surface area contributed by atoms with Gasteiger partial charge in [0.2, 0.25) is 0 Å². The summed E-state index contributed by atoms with van der Waals surface area (Å²) in [5.74, 6) is 1.33. The minimum Gasteiger partial charge on any atom is -0.744 e. The van der Waals surface area contributed by atoms with E-state index in [1.165, 1.54) is 50.1 Å². The molecule has 1 aliphatic rings. The Hall–Kier alpha value is -1.02. The maximum atomic E-state index is 10.4. The summed E-state index contributed by atoms with van der Waals surface area (Å²) in [6, 6.07) is 5.78. The van der Waals surface area contributed by atoms with E-state index in [4.69, 9.17) is 0 Å². The molecule has 25 heavy (non-hydrogen) atoms. The van der Waals surface area contributed by atoms with Gasteiger partial charge in [0.05, 0.1) is 17.6 Å². The van der Waals surface area contributed by atoms with Gasteiger partial charge in [-0.15, -0.1) is 0 Å². The number of aryl methyl sites for hydroxylation is 1. The molecule has 0 fully saturated rings. The first-order chi connectivity index (χ1) is 11.8. The molecule has 0 amide bonds. The van der Waals surface area contributed by atoms with E-state index >= 15 is 0 Å². The third kappa shape index (κ3) is 9.89. The van der Waals surface area contributed by atoms with Gasteiger partial charge in [-0.25, -0.2) is 8.42 Å². The Morgan fingerprint density at radius 1 is 1.16 bits per heavy atom. The second kappa shape index (κ2) is 11.6. The van der Waals surface area contributed by atoms with Crippen LogP contribution < -0.4 is 4.90 Å². The maximum absolute atomic E-state index is 10.4. The summed E-state index contributed by atoms with van der Waals surface area (Å²) >= 11 is 1.96. The average Bonchev–Trinajstić information content (AvgIpc) is 2.96. The van der Waals surface area contributed by atoms with Crippen LogP contribution >= 0.6 is 11.8 Å². The topological polar surface area (TPSA) is 64.9 Å². The maximum Gasteiger partial charge on any atom is 0.156 e. The lowest BCUT2D eigenvalue weighted by molar-refractivity contribution is -0.848. The highest BCUT2D eigenvalue weighted by Crippen LogP contribution is 2.08. The molecule has 2 rings (SSSR count). The largest absolute Gasteiger partial charge is 0.744 e. The van der Waals surface area contributed by atoms with Gasteiger partial charge in [-0.05, 0) is 50.3 Å². The van der Waals surface area contributed by atoms with Crippen molar-refractivity contribution in [3.63, 3.8) is 0 Å². The van der Waals surface area contributed by atoms with E-state index in [2.05, 4.69) is 30.6 Å². The molecule has 0 aliphatic carbocycles. The zero-order valence-corrected chi connectivity index (χ0v) is 17.0. The summed E-state index contributed by atoms with van der Waals surface area (Å²) in [4.78, 5) is 3.68. The molecular weight excluding hydrogens is 356 g/mol. The summed E-state index contributed by atoms with van der Waals surface area (Å²) in [6.07, 6.45) is 12.2. The molecule has 0 aromatic heterocycles. The van der Waals surface area contributed by atoms with Gasteiger partial charge in [-0.1, -0.05) is 24.1 Å². The smallest absolute Gasteiger partial charge is 0.156 e. The predicted octanol–water partition coefficient (Wildman–Crippen LogP) is 2.07. The zero-order valence-electron chi connectivity index (χ0n) is 15.4. The molecular formula is C18H30N2O3S2. The number of benzene rings is 1. The van der Waals surface area contributed by atoms with E-state index in [0.29, 0.717) is 0 Å². The van der Waals surface area contributed by atoms with Crippen molar-refractivity contribution in [1.82, 2.24) is 4.90 Å². The fraction of sp³-hybridized carbons (Fsp3) is 0.556. The Balaban J connectivity index is 0.000000257. The van der Waals surface area contributed by atoms with Crippen molar-refractivity contribution in [3.05, 3.63) is 42.2 Å². The number of hydrogen-bond donors (Lipinski definition) is 1. The monoisotopic (exact) mass is 386 g/mol. The summed E-state index contributed by atoms with van der Waals surface area (Å²) in [5, 5.41) is 0. The molecule has 0 bridgehead atoms. The van der Waals surface area contributed by atoms with Gasteiger partial charge in [-0.2, -0.15) is 11.8 Å². The van der Waals surface area contributed by atoms with Crippen LogP contribution in [0.1, 0.15) is 31.2 Å². The SMILES string of the molecule is CSCCCCCC[NH+]1C=CN(C)C1.Cc1ccc(S(=O)(=O)[O-])cc1. The van der Waals surface area contributed by atoms with Gasteiger partial charge in [-0.3, -0.25) is 4.90 Å². The van der Waals surface area contributed by atoms with Crippen LogP contribution in [0.2, 0.25) is 0 Å². The summed E-state index contributed by atoms with van der Waals surface area (Å²) in [6.45, 7) is 4.28. The second-order valence-electron chi connectivity index (χ2n) is 6.31. The fourth-order valence-electron chi connectivity index (χ4n) is 2.48. The van der Waals surface area contributed by atoms with Crippen molar-refractivity contribution in [3.8, 4) is 0 Å². The molecule has 1 heterocycles. The minimum atomic E-state index is -4.27. The Labute approximate surface area is 156 Å². The van der Waals surface area contributed by atoms with E-state index < -0.39 is 10.1 Å². The first-order valence-electron chi connectivity index (χ1n) is 8.57. The third-order valence-corrected chi connectivity index (χ3v) is 5.47. The predicted molar refractivity (Wildman–Crippen MR) is 104 cm³/mol. The summed E-state index contributed by atoms with van der Waals surface area (Å²) in [5.41, 5.74) is 0.928. The van der Waals surface area contributed by atoms with Gasteiger partial charge in [0, 0.05) is 7.05 Å². The quantitative estimate of drug-likeness (QED) is 0.547. The van der Waals surface area contributed by atoms with Crippen LogP contribution in [-0.4, -0.2) is 50.1 Å². The molecule has 142 valence electrons. The normalized spacial score (nSPS) is 16.6. The van der Waals surface area contributed by atoms with Crippen LogP contribution in [0.5, 0.6) is 0 Å². The second-order valence-corrected chi connectivity index (χ2v) is 8.68. The van der Waals surface area contributed by atoms with Crippen molar-refractivity contribution < 1.29 is 17.9 Å². The molecule has 1 aromatic rings. The number of unbranched alkanes of at least 4 members (excludes halogenated alkanes) is 3. The lowest BCUT2D eigenvalue weighted by Crippen LogP contribution is -3.07. The van der Waals surface area contributed by atoms with E-state index in [9.17, 15) is 13.0 Å². The number of rotatable bonds is 8. The van der Waals surface area contributed by atoms with E-state index in [1.54, 1.807) is 17.0 Å². The molecule has 1 aromatic carbocycles. The first kappa shape index (κ1) is 22.0. The minimum absolute atomic E-state index is 0.178. The van der Waals surface area contributed by atoms with Gasteiger partial charge in [0.25, 0.3) is 0 Å². The first-order valence-corrected chi connectivity index (χ1v) is 11.4. The van der Waals surface area contributed by atoms with Crippen LogP contribution in [0.25, 0.3) is 0 Å². The van der Waals surface area contributed by atoms with Crippen molar-refractivity contribution in [2.75, 3.05) is 32.3 Å². The van der Waals surface area contributed by atoms with Crippen LogP contribution in [0.3, 0.4) is 0 Å². The number of thioether (sulfide) groups is 1. The molecule has 0 spiro atoms. The molecule has 1 aliphatic heterocycles. The number of quaternary nitrogens is 1. The van der Waals surface area contributed by atoms with Crippen molar-refractivity contribution in [1.29, 1.82) is 0 Å². The standard InChI is InChI=1S/C11H22N2S.C7H8O3S/c1-12-8-9-13(11-12)7-5-3-4-6-10-14-2;1-6-2-4-7(5-3-6)11(8,9)10/h8-9H,3-7,10-11H2,1-2H3;2-5H,1H3,(H,8,9,10). The molecule has 0 radical (unpaired) electrons. The van der Waals surface area contributed by atoms with Gasteiger partial charge in [0.15, 0.2) is 6.67 Å². The van der Waals surface area contributed by atoms with Crippen LogP contribution in [0.4, 0.5) is 0 Å². The zero-order chi connectivity index (χ0) is 18.7. The number of hydrogen-bond acceptors (Lipinski definition) is 5. The highest BCUT2D eigenvalue weighted by atomic mass is 32.2. The molecule has 1 unspecified atom stereocenters. The number of nitrogens with one attached hydrogen (secondary N) is 1. The van der Waals surface area contributed by atoms with Gasteiger partial charge in [0.1, 0.15) is 16.3 Å². The van der Waals surface area contributed by atoms with Gasteiger partial charge < -0.3 is 9.45 Å². The summed E-state index contributed by atoms with van der Waals surface area (Å²) in [7, 11) is -2.13. The molecule has 5 nitrogen and oxygen atoms in total. The third-order valence-electron chi connectivity index (χ3n) is 3.92. The lowest BCUT2D eigenvalue weighted by Gasteiger charge is -2.12.